The molecule has 1 unspecified atom stereocenters. The lowest BCUT2D eigenvalue weighted by atomic mass is 9.85. The van der Waals surface area contributed by atoms with Gasteiger partial charge in [0, 0.05) is 31.3 Å². The largest absolute Gasteiger partial charge is 0.381 e. The second-order valence-corrected chi connectivity index (χ2v) is 6.72. The zero-order valence-electron chi connectivity index (χ0n) is 11.7. The molecule has 1 atom stereocenters. The Kier molecular flexibility index (Phi) is 3.81. The number of nitrogens with zero attached hydrogens (tertiary/aromatic N) is 1. The highest BCUT2D eigenvalue weighted by atomic mass is 16.5. The minimum Gasteiger partial charge on any atom is -0.381 e. The fraction of sp³-hybridized carbons (Fsp3) is 1.00. The molecule has 0 bridgehead atoms. The molecule has 1 heterocycles. The summed E-state index contributed by atoms with van der Waals surface area (Å²) in [6.07, 6.45) is 6.13. The van der Waals surface area contributed by atoms with Gasteiger partial charge in [-0.25, -0.2) is 0 Å². The Balaban J connectivity index is 2.07. The normalized spacial score (nSPS) is 34.4. The van der Waals surface area contributed by atoms with E-state index in [2.05, 4.69) is 25.8 Å². The van der Waals surface area contributed by atoms with Crippen molar-refractivity contribution in [3.8, 4) is 0 Å². The summed E-state index contributed by atoms with van der Waals surface area (Å²) in [6, 6.07) is 0.668. The Morgan fingerprint density at radius 2 is 1.88 bits per heavy atom. The van der Waals surface area contributed by atoms with Crippen LogP contribution in [0.25, 0.3) is 0 Å². The number of likely N-dealkylation sites (N-methyl/N-ethyl adjacent to an activating group) is 1. The molecule has 0 aromatic rings. The average Bonchev–Trinajstić information content (AvgIpc) is 2.66. The SMILES string of the molecule is CN(C1CCOCC1)C1(CN)CCC(C)(C)C1. The first-order valence-corrected chi connectivity index (χ1v) is 7.00. The van der Waals surface area contributed by atoms with Gasteiger partial charge >= 0.3 is 0 Å². The van der Waals surface area contributed by atoms with Crippen LogP contribution >= 0.6 is 0 Å². The topological polar surface area (TPSA) is 38.5 Å². The third-order valence-electron chi connectivity index (χ3n) is 4.94. The van der Waals surface area contributed by atoms with E-state index in [1.807, 2.05) is 0 Å². The Bertz CT molecular complexity index is 261. The molecule has 2 aliphatic rings. The van der Waals surface area contributed by atoms with E-state index in [4.69, 9.17) is 10.5 Å². The van der Waals surface area contributed by atoms with Crippen molar-refractivity contribution in [3.63, 3.8) is 0 Å². The van der Waals surface area contributed by atoms with Crippen LogP contribution in [0.2, 0.25) is 0 Å². The third kappa shape index (κ3) is 2.67. The first kappa shape index (κ1) is 13.3. The minimum atomic E-state index is 0.242. The first-order valence-electron chi connectivity index (χ1n) is 7.00. The third-order valence-corrected chi connectivity index (χ3v) is 4.94. The minimum absolute atomic E-state index is 0.242. The quantitative estimate of drug-likeness (QED) is 0.820. The van der Waals surface area contributed by atoms with E-state index < -0.39 is 0 Å². The van der Waals surface area contributed by atoms with Crippen molar-refractivity contribution in [3.05, 3.63) is 0 Å². The van der Waals surface area contributed by atoms with Gasteiger partial charge in [0.2, 0.25) is 0 Å². The Hall–Kier alpha value is -0.120. The highest BCUT2D eigenvalue weighted by Gasteiger charge is 2.46. The fourth-order valence-corrected chi connectivity index (χ4v) is 3.72. The standard InChI is InChI=1S/C14H28N2O/c1-13(2)6-7-14(10-13,11-15)16(3)12-4-8-17-9-5-12/h12H,4-11,15H2,1-3H3. The van der Waals surface area contributed by atoms with Crippen LogP contribution in [0.4, 0.5) is 0 Å². The Morgan fingerprint density at radius 3 is 2.35 bits per heavy atom. The van der Waals surface area contributed by atoms with Gasteiger partial charge in [0.25, 0.3) is 0 Å². The molecule has 0 aromatic carbocycles. The van der Waals surface area contributed by atoms with Crippen LogP contribution in [0, 0.1) is 5.41 Å². The summed E-state index contributed by atoms with van der Waals surface area (Å²) in [5, 5.41) is 0. The fourth-order valence-electron chi connectivity index (χ4n) is 3.72. The van der Waals surface area contributed by atoms with Gasteiger partial charge in [-0.1, -0.05) is 13.8 Å². The van der Waals surface area contributed by atoms with Crippen molar-refractivity contribution < 1.29 is 4.74 Å². The summed E-state index contributed by atoms with van der Waals surface area (Å²) >= 11 is 0. The summed E-state index contributed by atoms with van der Waals surface area (Å²) in [5.74, 6) is 0. The molecule has 3 nitrogen and oxygen atoms in total. The molecule has 2 rings (SSSR count). The van der Waals surface area contributed by atoms with Crippen LogP contribution < -0.4 is 5.73 Å². The molecule has 0 aromatic heterocycles. The molecule has 1 aliphatic heterocycles. The second-order valence-electron chi connectivity index (χ2n) is 6.72. The summed E-state index contributed by atoms with van der Waals surface area (Å²) in [6.45, 7) is 7.38. The maximum atomic E-state index is 6.12. The maximum Gasteiger partial charge on any atom is 0.0480 e. The average molecular weight is 240 g/mol. The molecule has 1 aliphatic carbocycles. The van der Waals surface area contributed by atoms with E-state index in [-0.39, 0.29) is 5.54 Å². The molecule has 0 radical (unpaired) electrons. The van der Waals surface area contributed by atoms with Gasteiger partial charge in [-0.2, -0.15) is 0 Å². The van der Waals surface area contributed by atoms with Gasteiger partial charge in [0.15, 0.2) is 0 Å². The zero-order valence-corrected chi connectivity index (χ0v) is 11.7. The smallest absolute Gasteiger partial charge is 0.0480 e. The van der Waals surface area contributed by atoms with Crippen molar-refractivity contribution in [1.82, 2.24) is 4.90 Å². The number of hydrogen-bond donors (Lipinski definition) is 1. The molecule has 1 saturated carbocycles. The van der Waals surface area contributed by atoms with Crippen LogP contribution in [-0.2, 0) is 4.74 Å². The second kappa shape index (κ2) is 4.87. The van der Waals surface area contributed by atoms with E-state index in [1.54, 1.807) is 0 Å². The van der Waals surface area contributed by atoms with Crippen LogP contribution in [-0.4, -0.2) is 43.3 Å². The summed E-state index contributed by atoms with van der Waals surface area (Å²) in [4.78, 5) is 2.59. The van der Waals surface area contributed by atoms with Gasteiger partial charge < -0.3 is 10.5 Å². The van der Waals surface area contributed by atoms with Crippen LogP contribution in [0.15, 0.2) is 0 Å². The molecule has 2 fully saturated rings. The lowest BCUT2D eigenvalue weighted by Crippen LogP contribution is -2.55. The van der Waals surface area contributed by atoms with Gasteiger partial charge in [-0.3, -0.25) is 4.90 Å². The van der Waals surface area contributed by atoms with Crippen LogP contribution in [0.1, 0.15) is 46.0 Å². The van der Waals surface area contributed by atoms with Gasteiger partial charge in [-0.15, -0.1) is 0 Å². The van der Waals surface area contributed by atoms with E-state index in [1.165, 1.54) is 32.1 Å². The number of ether oxygens (including phenoxy) is 1. The number of hydrogen-bond acceptors (Lipinski definition) is 3. The van der Waals surface area contributed by atoms with Crippen molar-refractivity contribution >= 4 is 0 Å². The lowest BCUT2D eigenvalue weighted by Gasteiger charge is -2.45. The first-order chi connectivity index (χ1) is 7.99. The van der Waals surface area contributed by atoms with Gasteiger partial charge in [0.1, 0.15) is 0 Å². The molecular formula is C14H28N2O. The molecule has 0 amide bonds. The molecule has 2 N–H and O–H groups in total. The maximum absolute atomic E-state index is 6.12. The summed E-state index contributed by atoms with van der Waals surface area (Å²) in [7, 11) is 2.28. The van der Waals surface area contributed by atoms with E-state index in [0.29, 0.717) is 11.5 Å². The summed E-state index contributed by atoms with van der Waals surface area (Å²) < 4.78 is 5.46. The molecule has 0 spiro atoms. The monoisotopic (exact) mass is 240 g/mol. The zero-order chi connectivity index (χ0) is 12.5. The van der Waals surface area contributed by atoms with Gasteiger partial charge in [-0.05, 0) is 44.6 Å². The van der Waals surface area contributed by atoms with Crippen molar-refractivity contribution in [2.75, 3.05) is 26.8 Å². The van der Waals surface area contributed by atoms with Crippen LogP contribution in [0.3, 0.4) is 0 Å². The van der Waals surface area contributed by atoms with Crippen molar-refractivity contribution in [2.45, 2.75) is 57.5 Å². The predicted molar refractivity (Wildman–Crippen MR) is 71.0 cm³/mol. The van der Waals surface area contributed by atoms with Crippen molar-refractivity contribution in [2.24, 2.45) is 11.1 Å². The number of rotatable bonds is 3. The highest BCUT2D eigenvalue weighted by molar-refractivity contribution is 5.03. The molecule has 3 heteroatoms. The highest BCUT2D eigenvalue weighted by Crippen LogP contribution is 2.46. The molecule has 1 saturated heterocycles. The van der Waals surface area contributed by atoms with E-state index in [9.17, 15) is 0 Å². The van der Waals surface area contributed by atoms with Gasteiger partial charge in [0.05, 0.1) is 0 Å². The van der Waals surface area contributed by atoms with Crippen molar-refractivity contribution in [1.29, 1.82) is 0 Å². The lowest BCUT2D eigenvalue weighted by molar-refractivity contribution is -0.00305. The summed E-state index contributed by atoms with van der Waals surface area (Å²) in [5.41, 5.74) is 6.82. The molecule has 100 valence electrons. The predicted octanol–water partition coefficient (Wildman–Crippen LogP) is 2.00. The Morgan fingerprint density at radius 1 is 1.24 bits per heavy atom. The number of nitrogens with two attached hydrogens (primary N) is 1. The molecular weight excluding hydrogens is 212 g/mol. The van der Waals surface area contributed by atoms with Crippen LogP contribution in [0.5, 0.6) is 0 Å². The Labute approximate surface area is 106 Å². The molecule has 17 heavy (non-hydrogen) atoms. The van der Waals surface area contributed by atoms with E-state index >= 15 is 0 Å². The van der Waals surface area contributed by atoms with E-state index in [0.717, 1.165) is 19.8 Å².